The molecule has 1 atom stereocenters. The van der Waals surface area contributed by atoms with Crippen LogP contribution in [0.4, 0.5) is 0 Å². The van der Waals surface area contributed by atoms with Gasteiger partial charge in [0.15, 0.2) is 0 Å². The zero-order valence-corrected chi connectivity index (χ0v) is 12.8. The SMILES string of the molecule is CC(=O)O.O=C(Cc1cccs1)NC1CCCCOB1O. The van der Waals surface area contributed by atoms with E-state index in [4.69, 9.17) is 14.6 Å². The van der Waals surface area contributed by atoms with E-state index >= 15 is 0 Å². The van der Waals surface area contributed by atoms with Crippen molar-refractivity contribution in [3.05, 3.63) is 22.4 Å². The lowest BCUT2D eigenvalue weighted by molar-refractivity contribution is -0.134. The fraction of sp³-hybridized carbons (Fsp3) is 0.538. The van der Waals surface area contributed by atoms with Crippen LogP contribution in [0, 0.1) is 0 Å². The molecule has 1 amide bonds. The maximum atomic E-state index is 11.8. The smallest absolute Gasteiger partial charge is 0.478 e. The molecule has 0 aliphatic carbocycles. The van der Waals surface area contributed by atoms with E-state index in [0.717, 1.165) is 31.1 Å². The van der Waals surface area contributed by atoms with Crippen LogP contribution in [0.2, 0.25) is 0 Å². The van der Waals surface area contributed by atoms with E-state index in [2.05, 4.69) is 5.32 Å². The third kappa shape index (κ3) is 7.84. The predicted molar refractivity (Wildman–Crippen MR) is 81.0 cm³/mol. The van der Waals surface area contributed by atoms with Crippen LogP contribution in [0.15, 0.2) is 17.5 Å². The molecule has 3 N–H and O–H groups in total. The van der Waals surface area contributed by atoms with Gasteiger partial charge in [-0.1, -0.05) is 6.07 Å². The number of thiophene rings is 1. The number of hydrogen-bond acceptors (Lipinski definition) is 5. The number of carboxylic acids is 1. The van der Waals surface area contributed by atoms with E-state index in [1.165, 1.54) is 0 Å². The van der Waals surface area contributed by atoms with Crippen molar-refractivity contribution < 1.29 is 24.4 Å². The molecule has 0 spiro atoms. The van der Waals surface area contributed by atoms with Crippen molar-refractivity contribution in [1.29, 1.82) is 0 Å². The predicted octanol–water partition coefficient (Wildman–Crippen LogP) is 1.09. The van der Waals surface area contributed by atoms with Gasteiger partial charge in [0.05, 0.1) is 12.4 Å². The van der Waals surface area contributed by atoms with Crippen molar-refractivity contribution in [2.75, 3.05) is 6.61 Å². The van der Waals surface area contributed by atoms with Gasteiger partial charge < -0.3 is 20.1 Å². The minimum absolute atomic E-state index is 0.0537. The fourth-order valence-electron chi connectivity index (χ4n) is 1.90. The van der Waals surface area contributed by atoms with Crippen molar-refractivity contribution in [1.82, 2.24) is 5.32 Å². The molecule has 2 heterocycles. The Bertz CT molecular complexity index is 436. The van der Waals surface area contributed by atoms with Gasteiger partial charge in [0.1, 0.15) is 0 Å². The molecule has 1 aromatic heterocycles. The van der Waals surface area contributed by atoms with Crippen LogP contribution in [0.1, 0.15) is 31.1 Å². The minimum atomic E-state index is -0.871. The largest absolute Gasteiger partial charge is 0.481 e. The highest BCUT2D eigenvalue weighted by Crippen LogP contribution is 2.12. The number of aliphatic carboxylic acids is 1. The number of carbonyl (C=O) groups excluding carboxylic acids is 1. The molecule has 0 bridgehead atoms. The molecule has 0 aromatic carbocycles. The van der Waals surface area contributed by atoms with Crippen LogP contribution in [0.3, 0.4) is 0 Å². The molecule has 116 valence electrons. The third-order valence-corrected chi connectivity index (χ3v) is 3.68. The fourth-order valence-corrected chi connectivity index (χ4v) is 2.61. The van der Waals surface area contributed by atoms with Gasteiger partial charge >= 0.3 is 7.12 Å². The number of rotatable bonds is 3. The average molecular weight is 313 g/mol. The molecular formula is C13H20BNO5S. The van der Waals surface area contributed by atoms with Gasteiger partial charge in [0, 0.05) is 18.4 Å². The van der Waals surface area contributed by atoms with E-state index in [-0.39, 0.29) is 11.8 Å². The van der Waals surface area contributed by atoms with E-state index in [1.54, 1.807) is 11.3 Å². The maximum Gasteiger partial charge on any atom is 0.478 e. The lowest BCUT2D eigenvalue weighted by atomic mass is 9.76. The normalized spacial score (nSPS) is 18.2. The van der Waals surface area contributed by atoms with Crippen LogP contribution in [-0.4, -0.2) is 41.7 Å². The number of carbonyl (C=O) groups is 2. The molecule has 8 heteroatoms. The second-order valence-corrected chi connectivity index (χ2v) is 5.74. The zero-order valence-electron chi connectivity index (χ0n) is 11.9. The molecule has 1 aliphatic rings. The lowest BCUT2D eigenvalue weighted by Crippen LogP contribution is -2.47. The molecule has 1 aromatic rings. The first-order valence-electron chi connectivity index (χ1n) is 6.80. The Kier molecular flexibility index (Phi) is 8.03. The Morgan fingerprint density at radius 1 is 1.52 bits per heavy atom. The topological polar surface area (TPSA) is 95.9 Å². The number of carboxylic acid groups (broad SMARTS) is 1. The Hall–Kier alpha value is -1.38. The highest BCUT2D eigenvalue weighted by molar-refractivity contribution is 7.10. The summed E-state index contributed by atoms with van der Waals surface area (Å²) in [6.07, 6.45) is 3.06. The van der Waals surface area contributed by atoms with E-state index in [9.17, 15) is 9.82 Å². The summed E-state index contributed by atoms with van der Waals surface area (Å²) in [6.45, 7) is 1.65. The van der Waals surface area contributed by atoms with Crippen LogP contribution in [0.5, 0.6) is 0 Å². The van der Waals surface area contributed by atoms with E-state index < -0.39 is 13.1 Å². The van der Waals surface area contributed by atoms with E-state index in [0.29, 0.717) is 13.0 Å². The summed E-state index contributed by atoms with van der Waals surface area (Å²) in [7, 11) is -0.871. The maximum absolute atomic E-state index is 11.8. The summed E-state index contributed by atoms with van der Waals surface area (Å²) in [5.41, 5.74) is 0. The van der Waals surface area contributed by atoms with Crippen LogP contribution in [-0.2, 0) is 20.7 Å². The van der Waals surface area contributed by atoms with Crippen LogP contribution in [0.25, 0.3) is 0 Å². The molecule has 1 saturated heterocycles. The lowest BCUT2D eigenvalue weighted by Gasteiger charge is -2.17. The molecule has 2 rings (SSSR count). The first kappa shape index (κ1) is 17.7. The van der Waals surface area contributed by atoms with E-state index in [1.807, 2.05) is 17.5 Å². The number of amides is 1. The monoisotopic (exact) mass is 313 g/mol. The highest BCUT2D eigenvalue weighted by atomic mass is 32.1. The molecular weight excluding hydrogens is 293 g/mol. The van der Waals surface area contributed by atoms with Crippen LogP contribution < -0.4 is 5.32 Å². The summed E-state index contributed by atoms with van der Waals surface area (Å²) < 4.78 is 5.19. The summed E-state index contributed by atoms with van der Waals surface area (Å²) in [4.78, 5) is 21.8. The Labute approximate surface area is 128 Å². The van der Waals surface area contributed by atoms with Gasteiger partial charge in [-0.2, -0.15) is 0 Å². The molecule has 0 radical (unpaired) electrons. The molecule has 0 saturated carbocycles. The zero-order chi connectivity index (χ0) is 15.7. The average Bonchev–Trinajstić information content (AvgIpc) is 2.81. The molecule has 1 unspecified atom stereocenters. The molecule has 1 fully saturated rings. The van der Waals surface area contributed by atoms with Crippen molar-refractivity contribution in [3.63, 3.8) is 0 Å². The van der Waals surface area contributed by atoms with Gasteiger partial charge in [-0.15, -0.1) is 11.3 Å². The molecule has 1 aliphatic heterocycles. The highest BCUT2D eigenvalue weighted by Gasteiger charge is 2.29. The quantitative estimate of drug-likeness (QED) is 0.726. The minimum Gasteiger partial charge on any atom is -0.481 e. The van der Waals surface area contributed by atoms with Crippen molar-refractivity contribution in [2.24, 2.45) is 0 Å². The van der Waals surface area contributed by atoms with Crippen molar-refractivity contribution in [3.8, 4) is 0 Å². The number of hydrogen-bond donors (Lipinski definition) is 3. The van der Waals surface area contributed by atoms with Gasteiger partial charge in [0.25, 0.3) is 5.97 Å². The van der Waals surface area contributed by atoms with Crippen LogP contribution >= 0.6 is 11.3 Å². The second-order valence-electron chi connectivity index (χ2n) is 4.71. The Morgan fingerprint density at radius 2 is 2.24 bits per heavy atom. The molecule has 6 nitrogen and oxygen atoms in total. The summed E-state index contributed by atoms with van der Waals surface area (Å²) >= 11 is 1.56. The second kappa shape index (κ2) is 9.54. The van der Waals surface area contributed by atoms with Crippen molar-refractivity contribution in [2.45, 2.75) is 38.5 Å². The Balaban J connectivity index is 0.000000491. The third-order valence-electron chi connectivity index (χ3n) is 2.80. The number of nitrogens with one attached hydrogen (secondary N) is 1. The van der Waals surface area contributed by atoms with Gasteiger partial charge in [-0.25, -0.2) is 0 Å². The molecule has 21 heavy (non-hydrogen) atoms. The first-order valence-corrected chi connectivity index (χ1v) is 7.68. The first-order chi connectivity index (χ1) is 9.99. The standard InChI is InChI=1S/C11H16BNO3S.C2H4O2/c14-11(8-9-4-3-7-17-9)13-10-5-1-2-6-16-12(10)15;1-2(3)4/h3-4,7,10,15H,1-2,5-6,8H2,(H,13,14);1H3,(H,3,4). The summed E-state index contributed by atoms with van der Waals surface area (Å²) in [6, 6.07) is 3.86. The van der Waals surface area contributed by atoms with Gasteiger partial charge in [-0.3, -0.25) is 9.59 Å². The summed E-state index contributed by atoms with van der Waals surface area (Å²) in [5.74, 6) is -1.16. The Morgan fingerprint density at radius 3 is 2.86 bits per heavy atom. The van der Waals surface area contributed by atoms with Crippen molar-refractivity contribution >= 4 is 30.3 Å². The van der Waals surface area contributed by atoms with Gasteiger partial charge in [0.2, 0.25) is 5.91 Å². The van der Waals surface area contributed by atoms with Gasteiger partial charge in [-0.05, 0) is 30.7 Å². The summed E-state index contributed by atoms with van der Waals surface area (Å²) in [5, 5.41) is 21.9.